The molecule has 0 aliphatic heterocycles. The van der Waals surface area contributed by atoms with Crippen LogP contribution in [0.1, 0.15) is 73.4 Å². The van der Waals surface area contributed by atoms with Gasteiger partial charge in [0, 0.05) is 30.9 Å². The number of hydrogen-bond donors (Lipinski definition) is 2. The number of aromatic hydroxyl groups is 1. The van der Waals surface area contributed by atoms with E-state index in [9.17, 15) is 9.59 Å². The molecule has 0 radical (unpaired) electrons. The quantitative estimate of drug-likeness (QED) is 0.0893. The van der Waals surface area contributed by atoms with Gasteiger partial charge in [-0.2, -0.15) is 0 Å². The maximum atomic E-state index is 10.5. The summed E-state index contributed by atoms with van der Waals surface area (Å²) in [6.07, 6.45) is 3.58. The van der Waals surface area contributed by atoms with Crippen LogP contribution in [0.3, 0.4) is 0 Å². The molecular weight excluding hydrogens is 704 g/mol. The highest BCUT2D eigenvalue weighted by Crippen LogP contribution is 2.30. The van der Waals surface area contributed by atoms with Crippen LogP contribution in [-0.4, -0.2) is 84.7 Å². The number of hydrogen-bond acceptors (Lipinski definition) is 12. The molecule has 4 rings (SSSR count). The normalized spacial score (nSPS) is 10.2. The van der Waals surface area contributed by atoms with Crippen molar-refractivity contribution in [2.24, 2.45) is 4.99 Å². The van der Waals surface area contributed by atoms with Gasteiger partial charge in [0.15, 0.2) is 46.0 Å². The fraction of sp³-hybridized carbons (Fsp3) is 0.372. The number of methoxy groups -OCH3 is 4. The van der Waals surface area contributed by atoms with E-state index in [2.05, 4.69) is 10.3 Å². The Labute approximate surface area is 326 Å². The minimum absolute atomic E-state index is 0.0166. The smallest absolute Gasteiger partial charge is 0.162 e. The third-order valence-corrected chi connectivity index (χ3v) is 6.83. The third kappa shape index (κ3) is 17.8. The average molecular weight is 763 g/mol. The van der Waals surface area contributed by atoms with Gasteiger partial charge in [-0.1, -0.05) is 6.07 Å². The Morgan fingerprint density at radius 1 is 0.564 bits per heavy atom. The molecule has 0 aliphatic carbocycles. The summed E-state index contributed by atoms with van der Waals surface area (Å²) in [6, 6.07) is 21.3. The lowest BCUT2D eigenvalue weighted by Crippen LogP contribution is -2.09. The second kappa shape index (κ2) is 26.1. The number of ether oxygens (including phenoxy) is 7. The fourth-order valence-electron chi connectivity index (χ4n) is 4.54. The van der Waals surface area contributed by atoms with Crippen molar-refractivity contribution in [3.63, 3.8) is 0 Å². The number of rotatable bonds is 15. The zero-order valence-electron chi connectivity index (χ0n) is 34.2. The first-order chi connectivity index (χ1) is 26.3. The molecule has 12 heteroatoms. The molecule has 0 saturated heterocycles. The predicted octanol–water partition coefficient (Wildman–Crippen LogP) is 8.24. The van der Waals surface area contributed by atoms with Crippen LogP contribution in [0.4, 0.5) is 0 Å². The van der Waals surface area contributed by atoms with E-state index < -0.39 is 0 Å². The molecule has 0 bridgehead atoms. The van der Waals surface area contributed by atoms with Gasteiger partial charge in [0.05, 0.1) is 46.8 Å². The monoisotopic (exact) mass is 762 g/mol. The highest BCUT2D eigenvalue weighted by molar-refractivity contribution is 5.80. The van der Waals surface area contributed by atoms with Gasteiger partial charge in [0.2, 0.25) is 0 Å². The molecule has 0 fully saturated rings. The zero-order chi connectivity index (χ0) is 41.3. The van der Waals surface area contributed by atoms with Crippen molar-refractivity contribution >= 4 is 18.8 Å². The van der Waals surface area contributed by atoms with Crippen LogP contribution in [-0.2, 0) is 6.54 Å². The Hall–Kier alpha value is -5.75. The molecule has 4 aromatic rings. The molecule has 55 heavy (non-hydrogen) atoms. The number of nitrogens with one attached hydrogen (secondary N) is 1. The Bertz CT molecular complexity index is 1760. The second-order valence-corrected chi connectivity index (χ2v) is 12.4. The highest BCUT2D eigenvalue weighted by atomic mass is 16.5. The number of aliphatic imine (C=N–C) groups is 1. The lowest BCUT2D eigenvalue weighted by atomic mass is 10.2. The summed E-state index contributed by atoms with van der Waals surface area (Å²) < 4.78 is 37.1. The van der Waals surface area contributed by atoms with Crippen LogP contribution in [0, 0.1) is 0 Å². The second-order valence-electron chi connectivity index (χ2n) is 12.4. The van der Waals surface area contributed by atoms with E-state index in [0.29, 0.717) is 34.7 Å². The standard InChI is InChI=1S/C12H19NO2.C12H17NO2.C11H14O3.C8H8O3/c2*1-9(2)15-12-7-10(8-13-3)5-6-11(12)14-4;1-8(2)14-11-6-9(7-12)4-5-10(11)13-3;1-11-8-3-2-6(5-9)4-7(8)10/h5-7,9,13H,8H2,1-4H3;5-9H,1-4H3;4-8H,1-3H3;2-5,10H,1H3. The number of phenols is 1. The topological polar surface area (TPSA) is 143 Å². The number of benzene rings is 4. The molecule has 0 heterocycles. The summed E-state index contributed by atoms with van der Waals surface area (Å²) in [6.45, 7) is 12.7. The van der Waals surface area contributed by atoms with Crippen LogP contribution in [0.5, 0.6) is 46.0 Å². The molecule has 0 aliphatic rings. The van der Waals surface area contributed by atoms with Gasteiger partial charge in [-0.15, -0.1) is 0 Å². The molecule has 4 aromatic carbocycles. The van der Waals surface area contributed by atoms with Crippen LogP contribution in [0.15, 0.2) is 77.8 Å². The maximum absolute atomic E-state index is 10.5. The van der Waals surface area contributed by atoms with Crippen LogP contribution < -0.4 is 38.5 Å². The van der Waals surface area contributed by atoms with E-state index in [1.165, 1.54) is 18.7 Å². The number of carbonyl (C=O) groups excluding carboxylic acids is 2. The van der Waals surface area contributed by atoms with Crippen molar-refractivity contribution in [2.45, 2.75) is 66.4 Å². The molecule has 0 aromatic heterocycles. The number of carbonyl (C=O) groups is 2. The van der Waals surface area contributed by atoms with Crippen molar-refractivity contribution in [3.8, 4) is 46.0 Å². The molecule has 0 saturated carbocycles. The van der Waals surface area contributed by atoms with Gasteiger partial charge >= 0.3 is 0 Å². The van der Waals surface area contributed by atoms with E-state index in [0.717, 1.165) is 41.4 Å². The summed E-state index contributed by atoms with van der Waals surface area (Å²) in [5.41, 5.74) is 3.22. The van der Waals surface area contributed by atoms with Crippen molar-refractivity contribution in [3.05, 3.63) is 95.1 Å². The Morgan fingerprint density at radius 2 is 0.945 bits per heavy atom. The summed E-state index contributed by atoms with van der Waals surface area (Å²) in [4.78, 5) is 24.7. The summed E-state index contributed by atoms with van der Waals surface area (Å²) in [7, 11) is 9.98. The third-order valence-electron chi connectivity index (χ3n) is 6.83. The summed E-state index contributed by atoms with van der Waals surface area (Å²) in [5.74, 6) is 4.69. The van der Waals surface area contributed by atoms with Gasteiger partial charge in [0.25, 0.3) is 0 Å². The van der Waals surface area contributed by atoms with Crippen molar-refractivity contribution in [1.82, 2.24) is 5.32 Å². The summed E-state index contributed by atoms with van der Waals surface area (Å²) >= 11 is 0. The van der Waals surface area contributed by atoms with Gasteiger partial charge in [-0.25, -0.2) is 0 Å². The Kier molecular flexibility index (Phi) is 22.4. The number of aldehydes is 2. The fourth-order valence-corrected chi connectivity index (χ4v) is 4.54. The maximum Gasteiger partial charge on any atom is 0.162 e. The first-order valence-corrected chi connectivity index (χ1v) is 17.7. The van der Waals surface area contributed by atoms with Crippen molar-refractivity contribution < 1.29 is 47.9 Å². The average Bonchev–Trinajstić information content (AvgIpc) is 3.15. The largest absolute Gasteiger partial charge is 0.504 e. The number of nitrogens with zero attached hydrogens (tertiary/aromatic N) is 1. The molecule has 12 nitrogen and oxygen atoms in total. The lowest BCUT2D eigenvalue weighted by molar-refractivity contribution is 0.111. The SMILES string of the molecule is CN=Cc1ccc(OC)c(OC(C)C)c1.CNCc1ccc(OC)c(OC(C)C)c1.COc1ccc(C=O)cc1O.COc1ccc(C=O)cc1OC(C)C. The Morgan fingerprint density at radius 3 is 1.33 bits per heavy atom. The first-order valence-electron chi connectivity index (χ1n) is 17.7. The van der Waals surface area contributed by atoms with Gasteiger partial charge in [-0.05, 0) is 126 Å². The Balaban J connectivity index is 0.000000369. The molecule has 0 unspecified atom stereocenters. The molecule has 0 amide bonds. The van der Waals surface area contributed by atoms with Crippen LogP contribution in [0.25, 0.3) is 0 Å². The zero-order valence-corrected chi connectivity index (χ0v) is 34.2. The molecule has 0 spiro atoms. The first kappa shape index (κ1) is 47.3. The van der Waals surface area contributed by atoms with E-state index in [-0.39, 0.29) is 24.1 Å². The number of phenolic OH excluding ortho intramolecular Hbond substituents is 1. The van der Waals surface area contributed by atoms with Crippen molar-refractivity contribution in [1.29, 1.82) is 0 Å². The van der Waals surface area contributed by atoms with E-state index in [4.69, 9.17) is 38.3 Å². The highest BCUT2D eigenvalue weighted by Gasteiger charge is 2.09. The van der Waals surface area contributed by atoms with E-state index >= 15 is 0 Å². The van der Waals surface area contributed by atoms with Crippen molar-refractivity contribution in [2.75, 3.05) is 42.5 Å². The lowest BCUT2D eigenvalue weighted by Gasteiger charge is -2.14. The van der Waals surface area contributed by atoms with E-state index in [1.54, 1.807) is 64.9 Å². The molecule has 0 atom stereocenters. The minimum atomic E-state index is -0.0166. The predicted molar refractivity (Wildman–Crippen MR) is 218 cm³/mol. The molecule has 300 valence electrons. The van der Waals surface area contributed by atoms with Gasteiger partial charge in [-0.3, -0.25) is 14.6 Å². The van der Waals surface area contributed by atoms with E-state index in [1.807, 2.05) is 85.0 Å². The van der Waals surface area contributed by atoms with Crippen LogP contribution >= 0.6 is 0 Å². The minimum Gasteiger partial charge on any atom is -0.504 e. The van der Waals surface area contributed by atoms with Crippen LogP contribution in [0.2, 0.25) is 0 Å². The molecule has 2 N–H and O–H groups in total. The van der Waals surface area contributed by atoms with Gasteiger partial charge in [0.1, 0.15) is 12.6 Å². The summed E-state index contributed by atoms with van der Waals surface area (Å²) in [5, 5.41) is 12.2. The van der Waals surface area contributed by atoms with Gasteiger partial charge < -0.3 is 43.6 Å². The molecular formula is C43H58N2O10.